The molecule has 3 rings (SSSR count). The molecule has 9 heteroatoms. The average molecular weight is 333 g/mol. The van der Waals surface area contributed by atoms with Gasteiger partial charge in [0.05, 0.1) is 11.1 Å². The molecule has 0 radical (unpaired) electrons. The van der Waals surface area contributed by atoms with Crippen LogP contribution in [-0.2, 0) is 9.84 Å². The molecule has 0 aliphatic carbocycles. The molecule has 0 fully saturated rings. The van der Waals surface area contributed by atoms with Crippen molar-refractivity contribution in [2.75, 3.05) is 6.26 Å². The van der Waals surface area contributed by atoms with Crippen molar-refractivity contribution in [2.45, 2.75) is 4.90 Å². The Morgan fingerprint density at radius 1 is 1.22 bits per heavy atom. The predicted molar refractivity (Wildman–Crippen MR) is 81.5 cm³/mol. The van der Waals surface area contributed by atoms with Gasteiger partial charge in [-0.05, 0) is 29.2 Å². The van der Waals surface area contributed by atoms with Gasteiger partial charge in [-0.2, -0.15) is 9.38 Å². The van der Waals surface area contributed by atoms with E-state index in [-0.39, 0.29) is 22.3 Å². The molecule has 2 heterocycles. The summed E-state index contributed by atoms with van der Waals surface area (Å²) < 4.78 is 29.9. The minimum absolute atomic E-state index is 0.0569. The monoisotopic (exact) mass is 333 g/mol. The Morgan fingerprint density at radius 3 is 2.70 bits per heavy atom. The number of nitro groups is 1. The van der Waals surface area contributed by atoms with E-state index in [1.54, 1.807) is 18.2 Å². The molecule has 0 N–H and O–H groups in total. The maximum Gasteiger partial charge on any atom is 0.392 e. The van der Waals surface area contributed by atoms with Crippen LogP contribution in [0.15, 0.2) is 53.6 Å². The largest absolute Gasteiger partial charge is 0.432 e. The molecule has 8 nitrogen and oxygen atoms in total. The van der Waals surface area contributed by atoms with Crippen LogP contribution >= 0.6 is 0 Å². The molecule has 0 aliphatic rings. The second kappa shape index (κ2) is 5.36. The number of ether oxygens (including phenoxy) is 1. The fourth-order valence-electron chi connectivity index (χ4n) is 2.08. The minimum Gasteiger partial charge on any atom is -0.432 e. The SMILES string of the molecule is CS(=O)(=O)c1cccc(Oc2nc3ccccn3c2[N+](=O)[O-])c1. The highest BCUT2D eigenvalue weighted by Gasteiger charge is 2.24. The quantitative estimate of drug-likeness (QED) is 0.536. The van der Waals surface area contributed by atoms with Gasteiger partial charge in [0, 0.05) is 12.3 Å². The molecule has 3 aromatic rings. The number of hydrogen-bond donors (Lipinski definition) is 0. The van der Waals surface area contributed by atoms with E-state index in [2.05, 4.69) is 4.98 Å². The highest BCUT2D eigenvalue weighted by Crippen LogP contribution is 2.32. The van der Waals surface area contributed by atoms with Crippen molar-refractivity contribution in [3.8, 4) is 11.6 Å². The van der Waals surface area contributed by atoms with Crippen LogP contribution in [0.5, 0.6) is 11.6 Å². The lowest BCUT2D eigenvalue weighted by molar-refractivity contribution is -0.391. The summed E-state index contributed by atoms with van der Waals surface area (Å²) in [6.45, 7) is 0. The Kier molecular flexibility index (Phi) is 3.49. The van der Waals surface area contributed by atoms with Crippen molar-refractivity contribution in [1.82, 2.24) is 9.38 Å². The summed E-state index contributed by atoms with van der Waals surface area (Å²) in [5.74, 6) is -0.378. The molecule has 118 valence electrons. The van der Waals surface area contributed by atoms with Crippen molar-refractivity contribution < 1.29 is 18.1 Å². The molecule has 23 heavy (non-hydrogen) atoms. The average Bonchev–Trinajstić information content (AvgIpc) is 2.84. The van der Waals surface area contributed by atoms with E-state index in [4.69, 9.17) is 4.74 Å². The summed E-state index contributed by atoms with van der Waals surface area (Å²) in [5.41, 5.74) is 0.355. The van der Waals surface area contributed by atoms with E-state index in [1.165, 1.54) is 34.9 Å². The lowest BCUT2D eigenvalue weighted by atomic mass is 10.3. The van der Waals surface area contributed by atoms with Crippen LogP contribution in [-0.4, -0.2) is 29.0 Å². The Labute approximate surface area is 131 Å². The maximum absolute atomic E-state index is 11.6. The van der Waals surface area contributed by atoms with E-state index in [0.29, 0.717) is 5.65 Å². The second-order valence-electron chi connectivity index (χ2n) is 4.78. The molecule has 1 aromatic carbocycles. The summed E-state index contributed by atoms with van der Waals surface area (Å²) in [6, 6.07) is 10.6. The summed E-state index contributed by atoms with van der Waals surface area (Å²) in [4.78, 5) is 14.8. The fourth-order valence-corrected chi connectivity index (χ4v) is 2.73. The zero-order valence-corrected chi connectivity index (χ0v) is 12.7. The van der Waals surface area contributed by atoms with Crippen LogP contribution in [0, 0.1) is 10.1 Å². The molecule has 0 spiro atoms. The van der Waals surface area contributed by atoms with Gasteiger partial charge >= 0.3 is 11.7 Å². The second-order valence-corrected chi connectivity index (χ2v) is 6.79. The number of nitrogens with zero attached hydrogens (tertiary/aromatic N) is 3. The standard InChI is InChI=1S/C14H11N3O5S/c1-23(20,21)11-6-4-5-10(9-11)22-13-14(17(18)19)16-8-3-2-7-12(16)15-13/h2-9H,1H3. The molecule has 0 amide bonds. The normalized spacial score (nSPS) is 11.5. The van der Waals surface area contributed by atoms with Crippen LogP contribution in [0.2, 0.25) is 0 Å². The van der Waals surface area contributed by atoms with Gasteiger partial charge in [-0.25, -0.2) is 8.42 Å². The van der Waals surface area contributed by atoms with E-state index < -0.39 is 14.8 Å². The van der Waals surface area contributed by atoms with Crippen molar-refractivity contribution in [2.24, 2.45) is 0 Å². The van der Waals surface area contributed by atoms with Gasteiger partial charge in [-0.3, -0.25) is 0 Å². The Bertz CT molecular complexity index is 1010. The highest BCUT2D eigenvalue weighted by atomic mass is 32.2. The summed E-state index contributed by atoms with van der Waals surface area (Å²) in [5, 5.41) is 11.3. The Balaban J connectivity index is 2.09. The molecule has 2 aromatic heterocycles. The number of hydrogen-bond acceptors (Lipinski definition) is 6. The maximum atomic E-state index is 11.6. The third-order valence-electron chi connectivity index (χ3n) is 3.10. The highest BCUT2D eigenvalue weighted by molar-refractivity contribution is 7.90. The molecular formula is C14H11N3O5S. The molecule has 0 saturated heterocycles. The van der Waals surface area contributed by atoms with Crippen LogP contribution in [0.1, 0.15) is 0 Å². The first kappa shape index (κ1) is 15.0. The van der Waals surface area contributed by atoms with E-state index in [0.717, 1.165) is 6.26 Å². The Morgan fingerprint density at radius 2 is 2.00 bits per heavy atom. The van der Waals surface area contributed by atoms with Gasteiger partial charge in [0.2, 0.25) is 5.65 Å². The summed E-state index contributed by atoms with van der Waals surface area (Å²) in [7, 11) is -3.41. The summed E-state index contributed by atoms with van der Waals surface area (Å²) >= 11 is 0. The molecule has 0 bridgehead atoms. The van der Waals surface area contributed by atoms with Crippen molar-refractivity contribution in [1.29, 1.82) is 0 Å². The van der Waals surface area contributed by atoms with Gasteiger partial charge in [0.25, 0.3) is 0 Å². The molecule has 0 aliphatic heterocycles. The van der Waals surface area contributed by atoms with Crippen molar-refractivity contribution in [3.05, 3.63) is 58.8 Å². The topological polar surface area (TPSA) is 104 Å². The number of aromatic nitrogens is 2. The first-order valence-electron chi connectivity index (χ1n) is 6.46. The predicted octanol–water partition coefficient (Wildman–Crippen LogP) is 2.44. The van der Waals surface area contributed by atoms with E-state index in [9.17, 15) is 18.5 Å². The van der Waals surface area contributed by atoms with Gasteiger partial charge in [0.1, 0.15) is 5.75 Å². The molecule has 0 saturated carbocycles. The molecule has 0 unspecified atom stereocenters. The van der Waals surface area contributed by atoms with Gasteiger partial charge < -0.3 is 14.9 Å². The zero-order chi connectivity index (χ0) is 16.6. The number of imidazole rings is 1. The lowest BCUT2D eigenvalue weighted by Crippen LogP contribution is -1.98. The number of rotatable bonds is 4. The van der Waals surface area contributed by atoms with Gasteiger partial charge in [0.15, 0.2) is 9.84 Å². The fraction of sp³-hybridized carbons (Fsp3) is 0.0714. The van der Waals surface area contributed by atoms with E-state index in [1.807, 2.05) is 0 Å². The first-order chi connectivity index (χ1) is 10.9. The van der Waals surface area contributed by atoms with Crippen LogP contribution in [0.3, 0.4) is 0 Å². The number of fused-ring (bicyclic) bond motifs is 1. The molecule has 0 atom stereocenters. The van der Waals surface area contributed by atoms with Crippen LogP contribution in [0.25, 0.3) is 5.65 Å². The third-order valence-corrected chi connectivity index (χ3v) is 4.21. The van der Waals surface area contributed by atoms with Crippen molar-refractivity contribution in [3.63, 3.8) is 0 Å². The summed E-state index contributed by atoms with van der Waals surface area (Å²) in [6.07, 6.45) is 2.57. The van der Waals surface area contributed by atoms with Crippen LogP contribution in [0.4, 0.5) is 5.82 Å². The van der Waals surface area contributed by atoms with Gasteiger partial charge in [-0.15, -0.1) is 0 Å². The minimum atomic E-state index is -3.41. The molecular weight excluding hydrogens is 322 g/mol. The van der Waals surface area contributed by atoms with Crippen molar-refractivity contribution >= 4 is 21.3 Å². The zero-order valence-electron chi connectivity index (χ0n) is 11.9. The lowest BCUT2D eigenvalue weighted by Gasteiger charge is -2.04. The Hall–Kier alpha value is -2.94. The number of pyridine rings is 1. The third kappa shape index (κ3) is 2.86. The number of sulfone groups is 1. The first-order valence-corrected chi connectivity index (χ1v) is 8.35. The van der Waals surface area contributed by atoms with Crippen LogP contribution < -0.4 is 4.74 Å². The van der Waals surface area contributed by atoms with E-state index >= 15 is 0 Å². The number of benzene rings is 1. The smallest absolute Gasteiger partial charge is 0.392 e. The van der Waals surface area contributed by atoms with Gasteiger partial charge in [-0.1, -0.05) is 12.1 Å².